The Balaban J connectivity index is 2.89. The van der Waals surface area contributed by atoms with Crippen molar-refractivity contribution in [1.82, 2.24) is 4.90 Å². The van der Waals surface area contributed by atoms with Crippen molar-refractivity contribution in [3.63, 3.8) is 0 Å². The Morgan fingerprint density at radius 2 is 1.72 bits per heavy atom. The highest BCUT2D eigenvalue weighted by atomic mass is 28.4. The summed E-state index contributed by atoms with van der Waals surface area (Å²) in [5, 5.41) is 0. The largest absolute Gasteiger partial charge is 0.504 e. The molecule has 100 valence electrons. The molecule has 0 bridgehead atoms. The van der Waals surface area contributed by atoms with Crippen molar-refractivity contribution in [2.75, 3.05) is 25.7 Å². The summed E-state index contributed by atoms with van der Waals surface area (Å²) < 4.78 is 5.55. The maximum absolute atomic E-state index is 12.2. The van der Waals surface area contributed by atoms with Gasteiger partial charge in [-0.05, 0) is 45.9 Å². The number of rotatable bonds is 4. The van der Waals surface area contributed by atoms with Crippen LogP contribution >= 0.6 is 0 Å². The van der Waals surface area contributed by atoms with Crippen LogP contribution in [0.1, 0.15) is 0 Å². The minimum Gasteiger partial charge on any atom is -0.504 e. The van der Waals surface area contributed by atoms with Crippen LogP contribution < -0.4 is 4.90 Å². The second kappa shape index (κ2) is 6.02. The summed E-state index contributed by atoms with van der Waals surface area (Å²) in [7, 11) is 1.98. The number of benzene rings is 1. The fourth-order valence-corrected chi connectivity index (χ4v) is 2.09. The predicted molar refractivity (Wildman–Crippen MR) is 77.3 cm³/mol. The Labute approximate surface area is 110 Å². The number of amides is 1. The lowest BCUT2D eigenvalue weighted by Gasteiger charge is -2.28. The molecular weight excluding hydrogens is 244 g/mol. The molecule has 0 fully saturated rings. The number of hydrogen-bond acceptors (Lipinski definition) is 3. The second-order valence-electron chi connectivity index (χ2n) is 5.47. The van der Waals surface area contributed by atoms with Crippen LogP contribution in [0.5, 0.6) is 0 Å². The molecule has 0 heterocycles. The van der Waals surface area contributed by atoms with Gasteiger partial charge < -0.3 is 4.43 Å². The molecule has 0 aliphatic rings. The lowest BCUT2D eigenvalue weighted by Crippen LogP contribution is -2.43. The van der Waals surface area contributed by atoms with Gasteiger partial charge in [-0.15, -0.1) is 0 Å². The van der Waals surface area contributed by atoms with Crippen molar-refractivity contribution in [3.8, 4) is 0 Å². The van der Waals surface area contributed by atoms with E-state index in [1.165, 1.54) is 0 Å². The van der Waals surface area contributed by atoms with Gasteiger partial charge in [-0.25, -0.2) is 4.79 Å². The molecule has 0 saturated carbocycles. The van der Waals surface area contributed by atoms with Crippen LogP contribution in [0.2, 0.25) is 19.6 Å². The number of para-hydroxylation sites is 1. The molecule has 1 aromatic carbocycles. The van der Waals surface area contributed by atoms with Gasteiger partial charge in [0, 0.05) is 5.69 Å². The molecule has 0 saturated heterocycles. The molecule has 0 radical (unpaired) electrons. The summed E-state index contributed by atoms with van der Waals surface area (Å²) in [6.45, 7) is 6.52. The maximum Gasteiger partial charge on any atom is 0.401 e. The Morgan fingerprint density at radius 3 is 2.17 bits per heavy atom. The molecule has 18 heavy (non-hydrogen) atoms. The summed E-state index contributed by atoms with van der Waals surface area (Å²) in [5.41, 5.74) is 0.856. The Morgan fingerprint density at radius 1 is 1.17 bits per heavy atom. The zero-order chi connectivity index (χ0) is 13.8. The smallest absolute Gasteiger partial charge is 0.401 e. The number of anilines is 1. The molecule has 1 amide bonds. The number of carbonyl (C=O) groups excluding carboxylic acids is 1. The van der Waals surface area contributed by atoms with Crippen molar-refractivity contribution < 1.29 is 9.22 Å². The van der Waals surface area contributed by atoms with E-state index < -0.39 is 8.32 Å². The SMILES string of the molecule is CN(C)CN(C(=O)O[Si](C)(C)C)c1ccccc1. The second-order valence-corrected chi connectivity index (χ2v) is 9.89. The zero-order valence-electron chi connectivity index (χ0n) is 11.8. The molecular formula is C13H22N2O2Si. The first-order valence-corrected chi connectivity index (χ1v) is 9.41. The molecule has 1 aromatic rings. The summed E-state index contributed by atoms with van der Waals surface area (Å²) in [6, 6.07) is 9.59. The predicted octanol–water partition coefficient (Wildman–Crippen LogP) is 2.98. The van der Waals surface area contributed by atoms with Gasteiger partial charge in [0.15, 0.2) is 0 Å². The average Bonchev–Trinajstić information content (AvgIpc) is 2.24. The molecule has 4 nitrogen and oxygen atoms in total. The van der Waals surface area contributed by atoms with E-state index in [2.05, 4.69) is 0 Å². The van der Waals surface area contributed by atoms with Crippen LogP contribution in [0.15, 0.2) is 30.3 Å². The molecule has 0 aromatic heterocycles. The summed E-state index contributed by atoms with van der Waals surface area (Å²) in [4.78, 5) is 15.8. The van der Waals surface area contributed by atoms with E-state index >= 15 is 0 Å². The normalized spacial score (nSPS) is 11.4. The van der Waals surface area contributed by atoms with Crippen molar-refractivity contribution in [2.45, 2.75) is 19.6 Å². The first kappa shape index (κ1) is 14.7. The van der Waals surface area contributed by atoms with Gasteiger partial charge in [-0.3, -0.25) is 9.80 Å². The van der Waals surface area contributed by atoms with Crippen molar-refractivity contribution in [3.05, 3.63) is 30.3 Å². The van der Waals surface area contributed by atoms with E-state index in [0.29, 0.717) is 6.67 Å². The fourth-order valence-electron chi connectivity index (χ4n) is 1.45. The van der Waals surface area contributed by atoms with Crippen LogP contribution in [-0.4, -0.2) is 40.1 Å². The monoisotopic (exact) mass is 266 g/mol. The minimum absolute atomic E-state index is 0.269. The summed E-state index contributed by atoms with van der Waals surface area (Å²) in [6.07, 6.45) is -0.269. The molecule has 0 atom stereocenters. The highest BCUT2D eigenvalue weighted by molar-refractivity contribution is 6.71. The standard InChI is InChI=1S/C13H22N2O2Si/c1-14(2)11-15(12-9-7-6-8-10-12)13(16)17-18(3,4)5/h6-10H,11H2,1-5H3. The molecule has 0 spiro atoms. The number of nitrogens with zero attached hydrogens (tertiary/aromatic N) is 2. The Hall–Kier alpha value is -1.33. The van der Waals surface area contributed by atoms with Gasteiger partial charge in [0.05, 0.1) is 6.67 Å². The van der Waals surface area contributed by atoms with Gasteiger partial charge in [0.25, 0.3) is 0 Å². The Kier molecular flexibility index (Phi) is 4.92. The van der Waals surface area contributed by atoms with Crippen LogP contribution in [0.3, 0.4) is 0 Å². The third-order valence-electron chi connectivity index (χ3n) is 2.11. The van der Waals surface area contributed by atoms with Gasteiger partial charge in [-0.1, -0.05) is 18.2 Å². The van der Waals surface area contributed by atoms with Gasteiger partial charge in [-0.2, -0.15) is 0 Å². The highest BCUT2D eigenvalue weighted by Crippen LogP contribution is 2.16. The van der Waals surface area contributed by atoms with Crippen molar-refractivity contribution in [1.29, 1.82) is 0 Å². The molecule has 0 aliphatic carbocycles. The van der Waals surface area contributed by atoms with Crippen LogP contribution in [-0.2, 0) is 4.43 Å². The lowest BCUT2D eigenvalue weighted by atomic mass is 10.3. The quantitative estimate of drug-likeness (QED) is 0.620. The van der Waals surface area contributed by atoms with Crippen LogP contribution in [0, 0.1) is 0 Å². The maximum atomic E-state index is 12.2. The van der Waals surface area contributed by atoms with E-state index in [4.69, 9.17) is 4.43 Å². The van der Waals surface area contributed by atoms with E-state index in [1.54, 1.807) is 4.90 Å². The van der Waals surface area contributed by atoms with Gasteiger partial charge in [0.1, 0.15) is 0 Å². The van der Waals surface area contributed by atoms with Crippen molar-refractivity contribution in [2.24, 2.45) is 0 Å². The average molecular weight is 266 g/mol. The molecule has 0 N–H and O–H groups in total. The fraction of sp³-hybridized carbons (Fsp3) is 0.462. The topological polar surface area (TPSA) is 32.8 Å². The van der Waals surface area contributed by atoms with E-state index in [1.807, 2.05) is 69.0 Å². The Bertz CT molecular complexity index is 388. The minimum atomic E-state index is -1.88. The number of hydrogen-bond donors (Lipinski definition) is 0. The van der Waals surface area contributed by atoms with E-state index in [9.17, 15) is 4.79 Å². The number of carbonyl (C=O) groups is 1. The zero-order valence-corrected chi connectivity index (χ0v) is 12.8. The van der Waals surface area contributed by atoms with Gasteiger partial charge in [0.2, 0.25) is 8.32 Å². The molecule has 0 aliphatic heterocycles. The molecule has 0 unspecified atom stereocenters. The third-order valence-corrected chi connectivity index (χ3v) is 2.89. The van der Waals surface area contributed by atoms with E-state index in [0.717, 1.165) is 5.69 Å². The summed E-state index contributed by atoms with van der Waals surface area (Å²) >= 11 is 0. The van der Waals surface area contributed by atoms with Crippen molar-refractivity contribution >= 4 is 20.1 Å². The molecule has 5 heteroatoms. The van der Waals surface area contributed by atoms with Crippen LogP contribution in [0.25, 0.3) is 0 Å². The van der Waals surface area contributed by atoms with Crippen LogP contribution in [0.4, 0.5) is 10.5 Å². The summed E-state index contributed by atoms with van der Waals surface area (Å²) in [5.74, 6) is 0. The third kappa shape index (κ3) is 4.89. The van der Waals surface area contributed by atoms with E-state index in [-0.39, 0.29) is 6.09 Å². The molecule has 1 rings (SSSR count). The lowest BCUT2D eigenvalue weighted by molar-refractivity contribution is 0.202. The highest BCUT2D eigenvalue weighted by Gasteiger charge is 2.25. The van der Waals surface area contributed by atoms with Gasteiger partial charge >= 0.3 is 6.09 Å². The first-order valence-electron chi connectivity index (χ1n) is 6.00. The first-order chi connectivity index (χ1) is 8.29.